The third kappa shape index (κ3) is 5.04. The van der Waals surface area contributed by atoms with Crippen molar-refractivity contribution < 1.29 is 22.5 Å². The van der Waals surface area contributed by atoms with Crippen molar-refractivity contribution >= 4 is 41.9 Å². The molecule has 1 atom stereocenters. The lowest BCUT2D eigenvalue weighted by atomic mass is 9.91. The number of benzene rings is 2. The lowest BCUT2D eigenvalue weighted by Gasteiger charge is -2.25. The van der Waals surface area contributed by atoms with Crippen molar-refractivity contribution in [2.45, 2.75) is 43.1 Å². The standard InChI is InChI=1S/C19H19ClF3NO2S2/c1-18(2,3)28(26)24-9-12-8-14(20)17(27)16(19(21,22)23)15(12)13-7-5-4-6-11(13)10-25/h4-8,10,24,27H,9H2,1-3H3. The van der Waals surface area contributed by atoms with Crippen molar-refractivity contribution in [3.63, 3.8) is 0 Å². The van der Waals surface area contributed by atoms with Gasteiger partial charge in [0, 0.05) is 27.4 Å². The van der Waals surface area contributed by atoms with Crippen molar-refractivity contribution in [2.75, 3.05) is 0 Å². The van der Waals surface area contributed by atoms with E-state index in [1.54, 1.807) is 32.9 Å². The summed E-state index contributed by atoms with van der Waals surface area (Å²) in [5.74, 6) is 0. The van der Waals surface area contributed by atoms with E-state index in [-0.39, 0.29) is 33.8 Å². The summed E-state index contributed by atoms with van der Waals surface area (Å²) in [5, 5.41) is -0.179. The second-order valence-corrected chi connectivity index (χ2v) is 9.93. The van der Waals surface area contributed by atoms with Crippen molar-refractivity contribution in [3.05, 3.63) is 52.0 Å². The van der Waals surface area contributed by atoms with Gasteiger partial charge >= 0.3 is 6.18 Å². The van der Waals surface area contributed by atoms with Crippen LogP contribution in [0.4, 0.5) is 13.2 Å². The Hall–Kier alpha value is -1.19. The summed E-state index contributed by atoms with van der Waals surface area (Å²) in [5.41, 5.74) is -0.864. The highest BCUT2D eigenvalue weighted by Gasteiger charge is 2.39. The Morgan fingerprint density at radius 3 is 2.39 bits per heavy atom. The van der Waals surface area contributed by atoms with Gasteiger partial charge in [-0.2, -0.15) is 13.2 Å². The first-order valence-corrected chi connectivity index (χ1v) is 10.2. The molecule has 1 N–H and O–H groups in total. The Morgan fingerprint density at radius 2 is 1.86 bits per heavy atom. The molecule has 0 heterocycles. The molecule has 2 aromatic rings. The molecule has 0 aliphatic carbocycles. The topological polar surface area (TPSA) is 52.2 Å². The Bertz CT molecular complexity index is 883. The molecule has 0 radical (unpaired) electrons. The molecule has 0 fully saturated rings. The van der Waals surface area contributed by atoms with Crippen molar-refractivity contribution in [1.82, 2.24) is 4.72 Å². The number of thiol groups is 1. The largest absolute Gasteiger partial charge is 0.598 e. The molecule has 3 nitrogen and oxygen atoms in total. The molecular formula is C19H19ClF3NO2S2. The summed E-state index contributed by atoms with van der Waals surface area (Å²) < 4.78 is 56.2. The van der Waals surface area contributed by atoms with Gasteiger partial charge in [-0.25, -0.2) is 0 Å². The fraction of sp³-hybridized carbons (Fsp3) is 0.316. The van der Waals surface area contributed by atoms with Crippen LogP contribution >= 0.6 is 24.2 Å². The molecule has 1 unspecified atom stereocenters. The molecule has 0 aliphatic rings. The average Bonchev–Trinajstić information content (AvgIpc) is 2.59. The Balaban J connectivity index is 2.74. The van der Waals surface area contributed by atoms with E-state index in [9.17, 15) is 22.5 Å². The second-order valence-electron chi connectivity index (χ2n) is 7.02. The van der Waals surface area contributed by atoms with Crippen molar-refractivity contribution in [2.24, 2.45) is 0 Å². The number of rotatable bonds is 5. The number of halogens is 4. The highest BCUT2D eigenvalue weighted by Crippen LogP contribution is 2.46. The third-order valence-electron chi connectivity index (χ3n) is 3.93. The summed E-state index contributed by atoms with van der Waals surface area (Å²) in [6, 6.07) is 7.31. The van der Waals surface area contributed by atoms with Crippen molar-refractivity contribution in [3.8, 4) is 11.1 Å². The molecule has 0 aromatic heterocycles. The highest BCUT2D eigenvalue weighted by molar-refractivity contribution is 7.90. The van der Waals surface area contributed by atoms with E-state index in [0.717, 1.165) is 0 Å². The number of alkyl halides is 3. The van der Waals surface area contributed by atoms with Gasteiger partial charge in [0.05, 0.1) is 17.1 Å². The molecule has 9 heteroatoms. The maximum Gasteiger partial charge on any atom is 0.418 e. The van der Waals surface area contributed by atoms with Gasteiger partial charge < -0.3 is 4.55 Å². The number of carbonyl (C=O) groups excluding carboxylic acids is 1. The van der Waals surface area contributed by atoms with Gasteiger partial charge in [0.15, 0.2) is 6.29 Å². The van der Waals surface area contributed by atoms with E-state index in [2.05, 4.69) is 17.4 Å². The zero-order valence-electron chi connectivity index (χ0n) is 15.4. The number of hydrogen-bond donors (Lipinski definition) is 2. The Morgan fingerprint density at radius 1 is 1.25 bits per heavy atom. The van der Waals surface area contributed by atoms with E-state index in [1.165, 1.54) is 18.2 Å². The van der Waals surface area contributed by atoms with E-state index in [1.807, 2.05) is 0 Å². The fourth-order valence-electron chi connectivity index (χ4n) is 2.60. The Kier molecular flexibility index (Phi) is 7.15. The molecule has 28 heavy (non-hydrogen) atoms. The van der Waals surface area contributed by atoms with Crippen molar-refractivity contribution in [1.29, 1.82) is 0 Å². The minimum absolute atomic E-state index is 0.0984. The Labute approximate surface area is 175 Å². The van der Waals surface area contributed by atoms with Crippen LogP contribution in [0.25, 0.3) is 11.1 Å². The van der Waals surface area contributed by atoms with Gasteiger partial charge in [0.25, 0.3) is 0 Å². The molecule has 0 saturated heterocycles. The number of hydrogen-bond acceptors (Lipinski definition) is 4. The van der Waals surface area contributed by atoms with Gasteiger partial charge in [-0.05, 0) is 38.0 Å². The average molecular weight is 450 g/mol. The van der Waals surface area contributed by atoms with Crippen LogP contribution in [0.3, 0.4) is 0 Å². The predicted molar refractivity (Wildman–Crippen MR) is 109 cm³/mol. The smallest absolute Gasteiger partial charge is 0.418 e. The predicted octanol–water partition coefficient (Wildman–Crippen LogP) is 5.68. The van der Waals surface area contributed by atoms with Gasteiger partial charge in [-0.15, -0.1) is 17.4 Å². The molecule has 0 spiro atoms. The molecule has 0 bridgehead atoms. The summed E-state index contributed by atoms with van der Waals surface area (Å²) in [6.07, 6.45) is -4.27. The van der Waals surface area contributed by atoms with Crippen LogP contribution in [0.1, 0.15) is 42.3 Å². The molecule has 152 valence electrons. The quantitative estimate of drug-likeness (QED) is 0.351. The molecule has 2 aromatic carbocycles. The lowest BCUT2D eigenvalue weighted by molar-refractivity contribution is -0.139. The summed E-state index contributed by atoms with van der Waals surface area (Å²) in [4.78, 5) is 11.0. The monoisotopic (exact) mass is 449 g/mol. The summed E-state index contributed by atoms with van der Waals surface area (Å²) >= 11 is 8.47. The minimum Gasteiger partial charge on any atom is -0.598 e. The van der Waals surface area contributed by atoms with Crippen LogP contribution in [0.15, 0.2) is 35.2 Å². The molecule has 0 amide bonds. The second kappa shape index (κ2) is 8.67. The first kappa shape index (κ1) is 23.1. The fourth-order valence-corrected chi connectivity index (χ4v) is 3.85. The number of aldehydes is 1. The minimum atomic E-state index is -4.76. The van der Waals surface area contributed by atoms with Crippen LogP contribution < -0.4 is 4.72 Å². The summed E-state index contributed by atoms with van der Waals surface area (Å²) in [7, 11) is 0. The van der Waals surface area contributed by atoms with Gasteiger partial charge in [-0.1, -0.05) is 35.9 Å². The van der Waals surface area contributed by atoms with Gasteiger partial charge in [0.1, 0.15) is 4.75 Å². The first-order valence-electron chi connectivity index (χ1n) is 8.19. The lowest BCUT2D eigenvalue weighted by Crippen LogP contribution is -2.39. The van der Waals surface area contributed by atoms with E-state index in [0.29, 0.717) is 6.29 Å². The van der Waals surface area contributed by atoms with Crippen LogP contribution in [0.2, 0.25) is 5.02 Å². The van der Waals surface area contributed by atoms with E-state index >= 15 is 0 Å². The van der Waals surface area contributed by atoms with E-state index in [4.69, 9.17) is 11.6 Å². The van der Waals surface area contributed by atoms with Crippen LogP contribution in [0, 0.1) is 0 Å². The SMILES string of the molecule is CC(C)(C)[S+]([O-])NCc1cc(Cl)c(S)c(C(F)(F)F)c1-c1ccccc1C=O. The first-order chi connectivity index (χ1) is 12.9. The van der Waals surface area contributed by atoms with Gasteiger partial charge in [0.2, 0.25) is 0 Å². The van der Waals surface area contributed by atoms with E-state index < -0.39 is 32.7 Å². The number of carbonyl (C=O) groups is 1. The maximum absolute atomic E-state index is 13.9. The molecule has 2 rings (SSSR count). The molecule has 0 aliphatic heterocycles. The summed E-state index contributed by atoms with van der Waals surface area (Å²) in [6.45, 7) is 5.08. The zero-order chi connectivity index (χ0) is 21.3. The molecular weight excluding hydrogens is 431 g/mol. The molecule has 0 saturated carbocycles. The zero-order valence-corrected chi connectivity index (χ0v) is 17.8. The normalized spacial score (nSPS) is 13.5. The number of nitrogens with one attached hydrogen (secondary N) is 1. The van der Waals surface area contributed by atoms with Crippen LogP contribution in [0.5, 0.6) is 0 Å². The van der Waals surface area contributed by atoms with Crippen LogP contribution in [-0.2, 0) is 24.1 Å². The third-order valence-corrected chi connectivity index (χ3v) is 6.34. The van der Waals surface area contributed by atoms with Gasteiger partial charge in [-0.3, -0.25) is 4.79 Å². The van der Waals surface area contributed by atoms with Crippen LogP contribution in [-0.4, -0.2) is 15.6 Å². The highest BCUT2D eigenvalue weighted by atomic mass is 35.5. The maximum atomic E-state index is 13.9.